The number of amides is 2. The number of ether oxygens (including phenoxy) is 4. The number of esters is 1. The molecule has 2 aromatic carbocycles. The van der Waals surface area contributed by atoms with E-state index in [1.807, 2.05) is 39.6 Å². The molecule has 54 heavy (non-hydrogen) atoms. The van der Waals surface area contributed by atoms with Crippen LogP contribution in [0.5, 0.6) is 17.2 Å². The SMILES string of the molecule is COc1ccc(COC(=O)[C@@]2(C)CCCC[C@H]2C(=O)N2CCc3c(Cl)ccc(OCc4nnn5c4CCCC5)c3[C@H]2CN2CC3(CC3)CC2=O)c(OC)c1. The molecule has 1 spiro atoms. The molecule has 0 bridgehead atoms. The molecule has 13 heteroatoms. The molecule has 0 unspecified atom stereocenters. The number of aryl methyl sites for hydroxylation is 1. The minimum absolute atomic E-state index is 0.00963. The predicted molar refractivity (Wildman–Crippen MR) is 199 cm³/mol. The number of fused-ring (bicyclic) bond motifs is 2. The third-order valence-electron chi connectivity index (χ3n) is 12.8. The van der Waals surface area contributed by atoms with Crippen molar-refractivity contribution in [3.8, 4) is 17.2 Å². The summed E-state index contributed by atoms with van der Waals surface area (Å²) < 4.78 is 25.4. The number of hydrogen-bond acceptors (Lipinski definition) is 9. The van der Waals surface area contributed by atoms with E-state index in [0.717, 1.165) is 74.0 Å². The topological polar surface area (TPSA) is 125 Å². The fraction of sp³-hybridized carbons (Fsp3) is 0.585. The number of halogens is 1. The molecule has 12 nitrogen and oxygen atoms in total. The molecule has 3 atom stereocenters. The summed E-state index contributed by atoms with van der Waals surface area (Å²) in [5.74, 6) is 0.841. The van der Waals surface area contributed by atoms with Crippen LogP contribution in [0.4, 0.5) is 0 Å². The minimum atomic E-state index is -1.04. The molecule has 8 rings (SSSR count). The molecule has 0 radical (unpaired) electrons. The number of carbonyl (C=O) groups excluding carboxylic acids is 3. The van der Waals surface area contributed by atoms with Gasteiger partial charge in [0.25, 0.3) is 0 Å². The average Bonchev–Trinajstić information content (AvgIpc) is 3.69. The number of rotatable bonds is 11. The van der Waals surface area contributed by atoms with Crippen molar-refractivity contribution in [3.05, 3.63) is 63.4 Å². The highest BCUT2D eigenvalue weighted by Crippen LogP contribution is 2.54. The average molecular weight is 760 g/mol. The van der Waals surface area contributed by atoms with E-state index in [-0.39, 0.29) is 30.4 Å². The number of methoxy groups -OCH3 is 2. The van der Waals surface area contributed by atoms with E-state index in [0.29, 0.717) is 73.2 Å². The minimum Gasteiger partial charge on any atom is -0.497 e. The molecule has 2 aliphatic carbocycles. The molecule has 1 saturated heterocycles. The first kappa shape index (κ1) is 36.6. The van der Waals surface area contributed by atoms with E-state index in [1.165, 1.54) is 0 Å². The van der Waals surface area contributed by atoms with Crippen LogP contribution in [0.15, 0.2) is 30.3 Å². The van der Waals surface area contributed by atoms with Crippen LogP contribution in [-0.2, 0) is 51.7 Å². The van der Waals surface area contributed by atoms with E-state index in [1.54, 1.807) is 26.4 Å². The molecular formula is C41H50ClN5O7. The summed E-state index contributed by atoms with van der Waals surface area (Å²) in [6.07, 6.45) is 8.99. The summed E-state index contributed by atoms with van der Waals surface area (Å²) in [7, 11) is 3.15. The number of aromatic nitrogens is 3. The first-order valence-electron chi connectivity index (χ1n) is 19.4. The Morgan fingerprint density at radius 3 is 2.59 bits per heavy atom. The molecule has 5 aliphatic rings. The zero-order valence-electron chi connectivity index (χ0n) is 31.5. The van der Waals surface area contributed by atoms with E-state index in [2.05, 4.69) is 10.3 Å². The summed E-state index contributed by atoms with van der Waals surface area (Å²) in [5.41, 5.74) is 3.41. The molecule has 288 valence electrons. The smallest absolute Gasteiger partial charge is 0.312 e. The molecule has 3 aromatic rings. The largest absolute Gasteiger partial charge is 0.497 e. The van der Waals surface area contributed by atoms with E-state index in [9.17, 15) is 9.59 Å². The van der Waals surface area contributed by atoms with Gasteiger partial charge in [0.2, 0.25) is 11.8 Å². The molecule has 4 heterocycles. The lowest BCUT2D eigenvalue weighted by molar-refractivity contribution is -0.169. The van der Waals surface area contributed by atoms with Crippen LogP contribution >= 0.6 is 11.6 Å². The van der Waals surface area contributed by atoms with E-state index < -0.39 is 23.3 Å². The lowest BCUT2D eigenvalue weighted by atomic mass is 9.66. The Labute approximate surface area is 321 Å². The van der Waals surface area contributed by atoms with Gasteiger partial charge in [-0.2, -0.15) is 0 Å². The summed E-state index contributed by atoms with van der Waals surface area (Å²) in [4.78, 5) is 46.6. The van der Waals surface area contributed by atoms with Crippen LogP contribution in [0.1, 0.15) is 98.8 Å². The van der Waals surface area contributed by atoms with Crippen LogP contribution in [-0.4, -0.2) is 76.4 Å². The van der Waals surface area contributed by atoms with Crippen molar-refractivity contribution in [2.75, 3.05) is 33.9 Å². The maximum atomic E-state index is 15.1. The third kappa shape index (κ3) is 6.79. The van der Waals surface area contributed by atoms with Crippen molar-refractivity contribution in [2.45, 2.75) is 103 Å². The molecule has 0 N–H and O–H groups in total. The Balaban J connectivity index is 1.09. The third-order valence-corrected chi connectivity index (χ3v) is 13.1. The molecule has 3 fully saturated rings. The standard InChI is InChI=1S/C41H50ClN5O7/c1-40(39(50)54-23-26-10-11-27(51-2)20-35(26)52-3)15-6-4-8-29(40)38(49)46-19-14-28-30(42)12-13-34(53-24-31-32-9-5-7-18-47(32)44-43-31)37(28)33(46)22-45-25-41(16-17-41)21-36(45)48/h10-13,20,29,33H,4-9,14-19,21-25H2,1-3H3/t29-,33+,40-/m0/s1. The Morgan fingerprint density at radius 2 is 1.81 bits per heavy atom. The summed E-state index contributed by atoms with van der Waals surface area (Å²) in [6, 6.07) is 8.61. The first-order valence-corrected chi connectivity index (χ1v) is 19.8. The van der Waals surface area contributed by atoms with Crippen LogP contribution in [0, 0.1) is 16.7 Å². The lowest BCUT2D eigenvalue weighted by Crippen LogP contribution is -2.53. The van der Waals surface area contributed by atoms with Gasteiger partial charge in [-0.15, -0.1) is 5.10 Å². The van der Waals surface area contributed by atoms with Gasteiger partial charge in [-0.1, -0.05) is 29.7 Å². The zero-order chi connectivity index (χ0) is 37.6. The van der Waals surface area contributed by atoms with Gasteiger partial charge in [-0.05, 0) is 93.5 Å². The maximum Gasteiger partial charge on any atom is 0.312 e. The van der Waals surface area contributed by atoms with Gasteiger partial charge >= 0.3 is 5.97 Å². The fourth-order valence-corrected chi connectivity index (χ4v) is 9.57. The molecule has 3 aliphatic heterocycles. The first-order chi connectivity index (χ1) is 26.1. The Morgan fingerprint density at radius 1 is 0.963 bits per heavy atom. The Hall–Kier alpha value is -4.32. The number of hydrogen-bond donors (Lipinski definition) is 0. The number of nitrogens with zero attached hydrogens (tertiary/aromatic N) is 5. The lowest BCUT2D eigenvalue weighted by Gasteiger charge is -2.45. The number of carbonyl (C=O) groups is 3. The fourth-order valence-electron chi connectivity index (χ4n) is 9.31. The van der Waals surface area contributed by atoms with Crippen LogP contribution in [0.2, 0.25) is 5.02 Å². The van der Waals surface area contributed by atoms with E-state index in [4.69, 9.17) is 30.5 Å². The van der Waals surface area contributed by atoms with Gasteiger partial charge in [0.05, 0.1) is 37.3 Å². The molecule has 1 aromatic heterocycles. The van der Waals surface area contributed by atoms with Crippen molar-refractivity contribution in [1.29, 1.82) is 0 Å². The second-order valence-electron chi connectivity index (χ2n) is 16.1. The van der Waals surface area contributed by atoms with Crippen molar-refractivity contribution in [1.82, 2.24) is 24.8 Å². The van der Waals surface area contributed by atoms with Crippen LogP contribution < -0.4 is 14.2 Å². The molecule has 2 amide bonds. The summed E-state index contributed by atoms with van der Waals surface area (Å²) in [5, 5.41) is 9.43. The van der Waals surface area contributed by atoms with Gasteiger partial charge in [-0.25, -0.2) is 4.68 Å². The van der Waals surface area contributed by atoms with Gasteiger partial charge in [-0.3, -0.25) is 14.4 Å². The highest BCUT2D eigenvalue weighted by Gasteiger charge is 2.54. The van der Waals surface area contributed by atoms with Crippen molar-refractivity contribution >= 4 is 29.4 Å². The van der Waals surface area contributed by atoms with Gasteiger partial charge in [0, 0.05) is 54.8 Å². The van der Waals surface area contributed by atoms with Gasteiger partial charge in [0.1, 0.15) is 36.2 Å². The van der Waals surface area contributed by atoms with Gasteiger partial charge < -0.3 is 28.7 Å². The Bertz CT molecular complexity index is 1940. The zero-order valence-corrected chi connectivity index (χ0v) is 32.3. The molecular weight excluding hydrogens is 710 g/mol. The second-order valence-corrected chi connectivity index (χ2v) is 16.5. The van der Waals surface area contributed by atoms with E-state index >= 15 is 4.79 Å². The van der Waals surface area contributed by atoms with Crippen molar-refractivity contribution < 1.29 is 33.3 Å². The highest BCUT2D eigenvalue weighted by molar-refractivity contribution is 6.31. The predicted octanol–water partition coefficient (Wildman–Crippen LogP) is 6.24. The van der Waals surface area contributed by atoms with Crippen molar-refractivity contribution in [2.24, 2.45) is 16.7 Å². The number of benzene rings is 2. The summed E-state index contributed by atoms with van der Waals surface area (Å²) in [6.45, 7) is 4.41. The van der Waals surface area contributed by atoms with Crippen LogP contribution in [0.3, 0.4) is 0 Å². The Kier molecular flexibility index (Phi) is 10.00. The van der Waals surface area contributed by atoms with Crippen LogP contribution in [0.25, 0.3) is 0 Å². The quantitative estimate of drug-likeness (QED) is 0.209. The summed E-state index contributed by atoms with van der Waals surface area (Å²) >= 11 is 6.92. The van der Waals surface area contributed by atoms with Crippen molar-refractivity contribution in [3.63, 3.8) is 0 Å². The molecule has 2 saturated carbocycles. The number of likely N-dealkylation sites (tertiary alicyclic amines) is 1. The monoisotopic (exact) mass is 759 g/mol. The maximum absolute atomic E-state index is 15.1. The second kappa shape index (κ2) is 14.7. The normalized spacial score (nSPS) is 24.2. The van der Waals surface area contributed by atoms with Gasteiger partial charge in [0.15, 0.2) is 0 Å². The highest BCUT2D eigenvalue weighted by atomic mass is 35.5.